The Balaban J connectivity index is 1.38. The van der Waals surface area contributed by atoms with Crippen LogP contribution in [0.5, 0.6) is 0 Å². The second kappa shape index (κ2) is 13.4. The Bertz CT molecular complexity index is 2240. The number of anilines is 2. The molecule has 6 aromatic rings. The van der Waals surface area contributed by atoms with Gasteiger partial charge in [0, 0.05) is 30.0 Å². The normalized spacial score (nSPS) is 12.4. The van der Waals surface area contributed by atoms with Gasteiger partial charge in [-0.25, -0.2) is 19.5 Å². The van der Waals surface area contributed by atoms with E-state index in [-0.39, 0.29) is 15.8 Å². The molecule has 14 heteroatoms. The number of amides is 1. The smallest absolute Gasteiger partial charge is 0.435 e. The third-order valence-electron chi connectivity index (χ3n) is 7.75. The van der Waals surface area contributed by atoms with E-state index in [1.807, 2.05) is 48.0 Å². The van der Waals surface area contributed by atoms with Crippen LogP contribution >= 0.6 is 22.9 Å². The van der Waals surface area contributed by atoms with E-state index in [0.29, 0.717) is 28.2 Å². The van der Waals surface area contributed by atoms with Gasteiger partial charge in [0.1, 0.15) is 16.8 Å². The summed E-state index contributed by atoms with van der Waals surface area (Å²) in [4.78, 5) is 32.9. The van der Waals surface area contributed by atoms with Crippen LogP contribution in [0.3, 0.4) is 0 Å². The second-order valence-electron chi connectivity index (χ2n) is 14.4. The van der Waals surface area contributed by atoms with Crippen LogP contribution in [-0.2, 0) is 19.8 Å². The fourth-order valence-corrected chi connectivity index (χ4v) is 6.65. The zero-order valence-electron chi connectivity index (χ0n) is 30.0. The molecule has 0 aliphatic carbocycles. The highest BCUT2D eigenvalue weighted by Crippen LogP contribution is 2.41. The van der Waals surface area contributed by atoms with Crippen molar-refractivity contribution in [2.75, 3.05) is 11.5 Å². The second-order valence-corrected chi connectivity index (χ2v) is 15.7. The zero-order valence-corrected chi connectivity index (χ0v) is 31.6. The summed E-state index contributed by atoms with van der Waals surface area (Å²) in [6, 6.07) is 15.3. The van der Waals surface area contributed by atoms with E-state index < -0.39 is 29.0 Å². The van der Waals surface area contributed by atoms with Crippen molar-refractivity contribution in [3.63, 3.8) is 0 Å². The minimum atomic E-state index is -0.824. The van der Waals surface area contributed by atoms with Crippen LogP contribution in [0.1, 0.15) is 67.9 Å². The number of fused-ring (bicyclic) bond motifs is 2. The van der Waals surface area contributed by atoms with Crippen molar-refractivity contribution in [2.45, 2.75) is 79.1 Å². The maximum absolute atomic E-state index is 13.8. The van der Waals surface area contributed by atoms with Crippen LogP contribution in [0.4, 0.5) is 20.4 Å². The largest absolute Gasteiger partial charge is 0.443 e. The molecule has 51 heavy (non-hydrogen) atoms. The van der Waals surface area contributed by atoms with Crippen molar-refractivity contribution in [2.24, 2.45) is 0 Å². The molecular weight excluding hydrogens is 690 g/mol. The van der Waals surface area contributed by atoms with Crippen molar-refractivity contribution in [1.29, 1.82) is 0 Å². The Morgan fingerprint density at radius 3 is 2.29 bits per heavy atom. The van der Waals surface area contributed by atoms with Gasteiger partial charge < -0.3 is 18.6 Å². The fourth-order valence-electron chi connectivity index (χ4n) is 5.49. The molecule has 4 heterocycles. The first-order chi connectivity index (χ1) is 24.0. The number of aromatic nitrogens is 6. The number of pyridine rings is 1. The first-order valence-electron chi connectivity index (χ1n) is 16.4. The topological polar surface area (TPSA) is 126 Å². The molecule has 0 atom stereocenters. The summed E-state index contributed by atoms with van der Waals surface area (Å²) >= 11 is 8.13. The first-order valence-corrected chi connectivity index (χ1v) is 17.6. The number of rotatable bonds is 7. The predicted octanol–water partition coefficient (Wildman–Crippen LogP) is 9.65. The SMILES string of the molecule is CCOC(C)(C)c1ccc(-c2cn3cccc(-c4nnc(N(C(=O)OC(C)(C)C)c5ccc6c(cnn6C(=O)OC(C)(C)C)c5Cl)s4)c3n2)cc1. The van der Waals surface area contributed by atoms with Crippen molar-refractivity contribution >= 4 is 62.5 Å². The molecule has 0 aliphatic heterocycles. The predicted molar refractivity (Wildman–Crippen MR) is 199 cm³/mol. The van der Waals surface area contributed by atoms with Crippen LogP contribution in [0.25, 0.3) is 38.4 Å². The molecule has 0 fully saturated rings. The highest BCUT2D eigenvalue weighted by Gasteiger charge is 2.31. The molecule has 0 aliphatic rings. The van der Waals surface area contributed by atoms with Gasteiger partial charge in [-0.05, 0) is 92.1 Å². The van der Waals surface area contributed by atoms with Gasteiger partial charge >= 0.3 is 12.2 Å². The van der Waals surface area contributed by atoms with Gasteiger partial charge in [-0.2, -0.15) is 9.78 Å². The van der Waals surface area contributed by atoms with Gasteiger partial charge in [0.25, 0.3) is 0 Å². The zero-order chi connectivity index (χ0) is 36.9. The summed E-state index contributed by atoms with van der Waals surface area (Å²) in [5, 5.41) is 14.5. The van der Waals surface area contributed by atoms with E-state index in [1.165, 1.54) is 22.4 Å². The Kier molecular flexibility index (Phi) is 9.42. The van der Waals surface area contributed by atoms with Crippen LogP contribution < -0.4 is 4.90 Å². The van der Waals surface area contributed by atoms with Gasteiger partial charge in [0.05, 0.1) is 39.3 Å². The molecule has 0 N–H and O–H groups in total. The number of carbonyl (C=O) groups is 2. The minimum absolute atomic E-state index is 0.167. The maximum Gasteiger partial charge on any atom is 0.435 e. The fraction of sp³-hybridized carbons (Fsp3) is 0.351. The van der Waals surface area contributed by atoms with Crippen molar-refractivity contribution in [3.8, 4) is 21.8 Å². The molecule has 4 aromatic heterocycles. The number of imidazole rings is 1. The molecule has 6 rings (SSSR count). The molecule has 0 spiro atoms. The summed E-state index contributed by atoms with van der Waals surface area (Å²) in [6.07, 6.45) is 3.97. The highest BCUT2D eigenvalue weighted by molar-refractivity contribution is 7.18. The van der Waals surface area contributed by atoms with E-state index in [9.17, 15) is 9.59 Å². The molecule has 0 bridgehead atoms. The number of ether oxygens (including phenoxy) is 3. The molecule has 266 valence electrons. The highest BCUT2D eigenvalue weighted by atomic mass is 35.5. The Hall–Kier alpha value is -4.85. The summed E-state index contributed by atoms with van der Waals surface area (Å²) in [6.45, 7) is 17.3. The Labute approximate surface area is 304 Å². The third kappa shape index (κ3) is 7.46. The van der Waals surface area contributed by atoms with Gasteiger partial charge in [-0.1, -0.05) is 47.2 Å². The number of carbonyl (C=O) groups excluding carboxylic acids is 2. The summed E-state index contributed by atoms with van der Waals surface area (Å²) < 4.78 is 20.3. The molecule has 0 saturated carbocycles. The molecule has 0 unspecified atom stereocenters. The van der Waals surface area contributed by atoms with E-state index in [4.69, 9.17) is 30.8 Å². The van der Waals surface area contributed by atoms with Gasteiger partial charge in [-0.3, -0.25) is 0 Å². The summed E-state index contributed by atoms with van der Waals surface area (Å²) in [5.41, 5.74) is 2.96. The molecule has 2 aromatic carbocycles. The number of hydrogen-bond acceptors (Lipinski definition) is 10. The lowest BCUT2D eigenvalue weighted by atomic mass is 9.96. The van der Waals surface area contributed by atoms with Crippen molar-refractivity contribution in [1.82, 2.24) is 29.4 Å². The van der Waals surface area contributed by atoms with E-state index in [1.54, 1.807) is 53.7 Å². The maximum atomic E-state index is 13.8. The number of nitrogens with zero attached hydrogens (tertiary/aromatic N) is 7. The van der Waals surface area contributed by atoms with Crippen molar-refractivity contribution < 1.29 is 23.8 Å². The monoisotopic (exact) mass is 729 g/mol. The van der Waals surface area contributed by atoms with Crippen LogP contribution in [0, 0.1) is 0 Å². The molecule has 12 nitrogen and oxygen atoms in total. The lowest BCUT2D eigenvalue weighted by Crippen LogP contribution is -2.34. The minimum Gasteiger partial charge on any atom is -0.443 e. The molecule has 1 amide bonds. The lowest BCUT2D eigenvalue weighted by molar-refractivity contribution is -0.0140. The first kappa shape index (κ1) is 36.0. The van der Waals surface area contributed by atoms with E-state index in [2.05, 4.69) is 41.3 Å². The van der Waals surface area contributed by atoms with E-state index >= 15 is 0 Å². The van der Waals surface area contributed by atoms with Gasteiger partial charge in [-0.15, -0.1) is 10.2 Å². The standard InChI is InChI=1S/C37H40ClN7O5S/c1-10-48-37(8,9)23-15-13-22(14-16-23)26-21-43-19-11-12-24(30(43)40-26)31-41-42-32(51-31)44(33(46)49-35(2,3)4)28-18-17-27-25(29(28)38)20-39-45(27)34(47)50-36(5,6)7/h11-21H,10H2,1-9H3. The lowest BCUT2D eigenvalue weighted by Gasteiger charge is -2.26. The van der Waals surface area contributed by atoms with Crippen LogP contribution in [0.2, 0.25) is 5.02 Å². The molecule has 0 saturated heterocycles. The number of benzene rings is 2. The quantitative estimate of drug-likeness (QED) is 0.158. The van der Waals surface area contributed by atoms with Crippen LogP contribution in [0.15, 0.2) is 67.1 Å². The third-order valence-corrected chi connectivity index (χ3v) is 9.09. The average Bonchev–Trinajstić information content (AvgIpc) is 3.79. The average molecular weight is 730 g/mol. The summed E-state index contributed by atoms with van der Waals surface area (Å²) in [5.74, 6) is 0. The molecular formula is C37H40ClN7O5S. The number of hydrogen-bond donors (Lipinski definition) is 0. The Morgan fingerprint density at radius 1 is 0.922 bits per heavy atom. The Morgan fingerprint density at radius 2 is 1.63 bits per heavy atom. The van der Waals surface area contributed by atoms with Gasteiger partial charge in [0.2, 0.25) is 5.13 Å². The number of halogens is 1. The summed E-state index contributed by atoms with van der Waals surface area (Å²) in [7, 11) is 0. The van der Waals surface area contributed by atoms with Crippen molar-refractivity contribution in [3.05, 3.63) is 77.7 Å². The van der Waals surface area contributed by atoms with E-state index in [0.717, 1.165) is 27.1 Å². The molecule has 0 radical (unpaired) electrons. The van der Waals surface area contributed by atoms with Crippen LogP contribution in [-0.4, -0.2) is 59.4 Å². The van der Waals surface area contributed by atoms with Gasteiger partial charge in [0.15, 0.2) is 5.01 Å².